The van der Waals surface area contributed by atoms with Gasteiger partial charge < -0.3 is 10.0 Å². The Morgan fingerprint density at radius 3 is 2.62 bits per heavy atom. The van der Waals surface area contributed by atoms with Gasteiger partial charge in [-0.15, -0.1) is 11.3 Å². The maximum absolute atomic E-state index is 12.6. The van der Waals surface area contributed by atoms with Gasteiger partial charge in [-0.25, -0.2) is 9.78 Å². The highest BCUT2D eigenvalue weighted by molar-refractivity contribution is 7.09. The minimum Gasteiger partial charge on any atom is -0.478 e. The number of aryl methyl sites for hydroxylation is 1. The van der Waals surface area contributed by atoms with Crippen LogP contribution in [0.25, 0.3) is 0 Å². The molecule has 0 saturated carbocycles. The van der Waals surface area contributed by atoms with E-state index in [4.69, 9.17) is 0 Å². The molecule has 0 aliphatic carbocycles. The SMILES string of the molecule is CC(C)N(CCc1nccs1)C(=O)CCc1ccccc1C(=O)O. The van der Waals surface area contributed by atoms with Crippen molar-refractivity contribution in [1.82, 2.24) is 9.88 Å². The Morgan fingerprint density at radius 1 is 1.25 bits per heavy atom. The van der Waals surface area contributed by atoms with Crippen LogP contribution in [0, 0.1) is 0 Å². The summed E-state index contributed by atoms with van der Waals surface area (Å²) in [6.45, 7) is 4.61. The van der Waals surface area contributed by atoms with E-state index in [0.717, 1.165) is 11.4 Å². The van der Waals surface area contributed by atoms with Gasteiger partial charge in [-0.2, -0.15) is 0 Å². The van der Waals surface area contributed by atoms with Crippen LogP contribution in [0.15, 0.2) is 35.8 Å². The third kappa shape index (κ3) is 4.89. The van der Waals surface area contributed by atoms with E-state index in [9.17, 15) is 14.7 Å². The summed E-state index contributed by atoms with van der Waals surface area (Å²) in [7, 11) is 0. The summed E-state index contributed by atoms with van der Waals surface area (Å²) < 4.78 is 0. The third-order valence-corrected chi connectivity index (χ3v) is 4.69. The molecule has 1 heterocycles. The van der Waals surface area contributed by atoms with E-state index in [1.807, 2.05) is 24.1 Å². The lowest BCUT2D eigenvalue weighted by Crippen LogP contribution is -2.38. The number of nitrogens with zero attached hydrogens (tertiary/aromatic N) is 2. The Hall–Kier alpha value is -2.21. The number of thiazole rings is 1. The lowest BCUT2D eigenvalue weighted by Gasteiger charge is -2.26. The second kappa shape index (κ2) is 8.59. The minimum absolute atomic E-state index is 0.0433. The zero-order valence-corrected chi connectivity index (χ0v) is 14.8. The average molecular weight is 346 g/mol. The molecule has 0 aliphatic heterocycles. The first kappa shape index (κ1) is 18.1. The molecular formula is C18H22N2O3S. The lowest BCUT2D eigenvalue weighted by molar-refractivity contribution is -0.132. The van der Waals surface area contributed by atoms with Crippen LogP contribution in [-0.4, -0.2) is 39.5 Å². The van der Waals surface area contributed by atoms with Crippen molar-refractivity contribution < 1.29 is 14.7 Å². The summed E-state index contributed by atoms with van der Waals surface area (Å²) in [6, 6.07) is 6.95. The number of carbonyl (C=O) groups is 2. The maximum atomic E-state index is 12.6. The monoisotopic (exact) mass is 346 g/mol. The van der Waals surface area contributed by atoms with E-state index in [1.54, 1.807) is 41.8 Å². The number of carboxylic acids is 1. The van der Waals surface area contributed by atoms with Gasteiger partial charge in [0, 0.05) is 37.0 Å². The highest BCUT2D eigenvalue weighted by Gasteiger charge is 2.18. The van der Waals surface area contributed by atoms with Crippen molar-refractivity contribution in [2.75, 3.05) is 6.54 Å². The highest BCUT2D eigenvalue weighted by Crippen LogP contribution is 2.14. The molecule has 1 aromatic heterocycles. The Labute approximate surface area is 146 Å². The second-order valence-electron chi connectivity index (χ2n) is 5.82. The predicted molar refractivity (Wildman–Crippen MR) is 94.4 cm³/mol. The fraction of sp³-hybridized carbons (Fsp3) is 0.389. The molecule has 24 heavy (non-hydrogen) atoms. The van der Waals surface area contributed by atoms with Gasteiger partial charge >= 0.3 is 5.97 Å². The van der Waals surface area contributed by atoms with E-state index < -0.39 is 5.97 Å². The van der Waals surface area contributed by atoms with Gasteiger partial charge in [0.25, 0.3) is 0 Å². The molecule has 5 nitrogen and oxygen atoms in total. The molecule has 2 rings (SSSR count). The first-order valence-electron chi connectivity index (χ1n) is 7.98. The molecule has 1 N–H and O–H groups in total. The first-order valence-corrected chi connectivity index (χ1v) is 8.86. The summed E-state index contributed by atoms with van der Waals surface area (Å²) in [5.74, 6) is -0.913. The second-order valence-corrected chi connectivity index (χ2v) is 6.80. The van der Waals surface area contributed by atoms with Crippen molar-refractivity contribution in [3.05, 3.63) is 52.0 Å². The van der Waals surface area contributed by atoms with Gasteiger partial charge in [-0.1, -0.05) is 18.2 Å². The van der Waals surface area contributed by atoms with Crippen LogP contribution < -0.4 is 0 Å². The standard InChI is InChI=1S/C18H22N2O3S/c1-13(2)20(11-9-16-19-10-12-24-16)17(21)8-7-14-5-3-4-6-15(14)18(22)23/h3-6,10,12-13H,7-9,11H2,1-2H3,(H,22,23). The van der Waals surface area contributed by atoms with Crippen molar-refractivity contribution in [3.8, 4) is 0 Å². The van der Waals surface area contributed by atoms with Crippen molar-refractivity contribution in [2.45, 2.75) is 39.2 Å². The largest absolute Gasteiger partial charge is 0.478 e. The van der Waals surface area contributed by atoms with Gasteiger partial charge in [0.1, 0.15) is 0 Å². The van der Waals surface area contributed by atoms with Gasteiger partial charge in [-0.05, 0) is 31.9 Å². The van der Waals surface area contributed by atoms with Crippen LogP contribution in [0.3, 0.4) is 0 Å². The summed E-state index contributed by atoms with van der Waals surface area (Å²) in [4.78, 5) is 29.9. The van der Waals surface area contributed by atoms with E-state index >= 15 is 0 Å². The number of aromatic carboxylic acids is 1. The van der Waals surface area contributed by atoms with E-state index in [2.05, 4.69) is 4.98 Å². The molecule has 0 bridgehead atoms. The van der Waals surface area contributed by atoms with Gasteiger partial charge in [0.05, 0.1) is 10.6 Å². The number of carboxylic acid groups (broad SMARTS) is 1. The number of amides is 1. The van der Waals surface area contributed by atoms with Crippen molar-refractivity contribution in [3.63, 3.8) is 0 Å². The molecule has 6 heteroatoms. The van der Waals surface area contributed by atoms with Crippen LogP contribution in [0.5, 0.6) is 0 Å². The highest BCUT2D eigenvalue weighted by atomic mass is 32.1. The number of benzene rings is 1. The number of hydrogen-bond donors (Lipinski definition) is 1. The predicted octanol–water partition coefficient (Wildman–Crippen LogP) is 3.25. The van der Waals surface area contributed by atoms with Crippen molar-refractivity contribution >= 4 is 23.2 Å². The normalized spacial score (nSPS) is 10.8. The Balaban J connectivity index is 1.97. The zero-order valence-electron chi connectivity index (χ0n) is 13.9. The maximum Gasteiger partial charge on any atom is 0.335 e. The van der Waals surface area contributed by atoms with Crippen LogP contribution >= 0.6 is 11.3 Å². The topological polar surface area (TPSA) is 70.5 Å². The van der Waals surface area contributed by atoms with E-state index in [1.165, 1.54) is 0 Å². The molecule has 0 spiro atoms. The Morgan fingerprint density at radius 2 is 2.00 bits per heavy atom. The molecule has 1 amide bonds. The molecule has 0 radical (unpaired) electrons. The molecule has 0 unspecified atom stereocenters. The van der Waals surface area contributed by atoms with Crippen LogP contribution in [0.2, 0.25) is 0 Å². The fourth-order valence-electron chi connectivity index (χ4n) is 2.60. The fourth-order valence-corrected chi connectivity index (χ4v) is 3.21. The average Bonchev–Trinajstić information content (AvgIpc) is 3.06. The molecule has 0 fully saturated rings. The van der Waals surface area contributed by atoms with Crippen LogP contribution in [-0.2, 0) is 17.6 Å². The van der Waals surface area contributed by atoms with Crippen LogP contribution in [0.4, 0.5) is 0 Å². The minimum atomic E-state index is -0.956. The Bertz CT molecular complexity index is 683. The van der Waals surface area contributed by atoms with Crippen LogP contribution in [0.1, 0.15) is 41.2 Å². The summed E-state index contributed by atoms with van der Waals surface area (Å²) in [5.41, 5.74) is 0.964. The van der Waals surface area contributed by atoms with Gasteiger partial charge in [0.15, 0.2) is 0 Å². The third-order valence-electron chi connectivity index (χ3n) is 3.85. The first-order chi connectivity index (χ1) is 11.5. The summed E-state index contributed by atoms with van der Waals surface area (Å²) >= 11 is 1.59. The van der Waals surface area contributed by atoms with Gasteiger partial charge in [-0.3, -0.25) is 4.79 Å². The van der Waals surface area contributed by atoms with E-state index in [-0.39, 0.29) is 17.5 Å². The summed E-state index contributed by atoms with van der Waals surface area (Å²) in [5, 5.41) is 12.2. The number of aromatic nitrogens is 1. The molecule has 128 valence electrons. The number of rotatable bonds is 8. The quantitative estimate of drug-likeness (QED) is 0.796. The Kier molecular flexibility index (Phi) is 6.49. The molecule has 1 aromatic carbocycles. The van der Waals surface area contributed by atoms with Crippen molar-refractivity contribution in [1.29, 1.82) is 0 Å². The summed E-state index contributed by atoms with van der Waals surface area (Å²) in [6.07, 6.45) is 3.25. The number of hydrogen-bond acceptors (Lipinski definition) is 4. The smallest absolute Gasteiger partial charge is 0.335 e. The van der Waals surface area contributed by atoms with E-state index in [0.29, 0.717) is 24.9 Å². The van der Waals surface area contributed by atoms with Crippen molar-refractivity contribution in [2.24, 2.45) is 0 Å². The zero-order chi connectivity index (χ0) is 17.5. The number of carbonyl (C=O) groups excluding carboxylic acids is 1. The lowest BCUT2D eigenvalue weighted by atomic mass is 10.0. The molecule has 0 saturated heterocycles. The molecule has 0 atom stereocenters. The van der Waals surface area contributed by atoms with Gasteiger partial charge in [0.2, 0.25) is 5.91 Å². The molecule has 2 aromatic rings. The molecule has 0 aliphatic rings. The molecular weight excluding hydrogens is 324 g/mol.